The van der Waals surface area contributed by atoms with Crippen LogP contribution in [0.15, 0.2) is 48.5 Å². The minimum absolute atomic E-state index is 0.0300. The molecule has 2 N–H and O–H groups in total. The molecule has 1 saturated heterocycles. The van der Waals surface area contributed by atoms with Crippen molar-refractivity contribution >= 4 is 35.1 Å². The van der Waals surface area contributed by atoms with E-state index < -0.39 is 5.97 Å². The zero-order chi connectivity index (χ0) is 22.3. The van der Waals surface area contributed by atoms with Crippen molar-refractivity contribution < 1.29 is 24.5 Å². The lowest BCUT2D eigenvalue weighted by Crippen LogP contribution is -2.51. The number of nitrogens with zero attached hydrogens (tertiary/aromatic N) is 1. The van der Waals surface area contributed by atoms with E-state index in [-0.39, 0.29) is 37.3 Å². The maximum atomic E-state index is 12.7. The Morgan fingerprint density at radius 3 is 2.33 bits per heavy atom. The molecule has 3 atom stereocenters. The first kappa shape index (κ1) is 24.2. The molecule has 1 amide bonds. The molecule has 3 rings (SSSR count). The molecule has 2 aromatic rings. The Hall–Kier alpha value is -2.12. The number of carbonyl (C=O) groups excluding carboxylic acids is 1. The number of amides is 1. The van der Waals surface area contributed by atoms with Crippen LogP contribution in [0.2, 0.25) is 10.0 Å². The zero-order valence-electron chi connectivity index (χ0n) is 16.8. The molecule has 30 heavy (non-hydrogen) atoms. The average molecular weight is 454 g/mol. The summed E-state index contributed by atoms with van der Waals surface area (Å²) in [5.74, 6) is -0.968. The summed E-state index contributed by atoms with van der Waals surface area (Å²) >= 11 is 12.2. The van der Waals surface area contributed by atoms with Crippen LogP contribution in [0.1, 0.15) is 43.5 Å². The van der Waals surface area contributed by atoms with Crippen molar-refractivity contribution in [2.24, 2.45) is 0 Å². The van der Waals surface area contributed by atoms with Gasteiger partial charge in [0.2, 0.25) is 5.91 Å². The summed E-state index contributed by atoms with van der Waals surface area (Å²) in [4.78, 5) is 23.4. The first-order chi connectivity index (χ1) is 14.3. The molecule has 1 heterocycles. The lowest BCUT2D eigenvalue weighted by atomic mass is 9.91. The van der Waals surface area contributed by atoms with Gasteiger partial charge in [0.1, 0.15) is 12.7 Å². The van der Waals surface area contributed by atoms with Crippen LogP contribution in [-0.2, 0) is 14.3 Å². The molecule has 162 valence electrons. The van der Waals surface area contributed by atoms with Gasteiger partial charge >= 0.3 is 0 Å². The molecule has 1 aliphatic rings. The molecule has 0 bridgehead atoms. The minimum Gasteiger partial charge on any atom is -0.481 e. The second kappa shape index (κ2) is 11.3. The topological polar surface area (TPSA) is 87.1 Å². The summed E-state index contributed by atoms with van der Waals surface area (Å²) in [6, 6.07) is 14.2. The number of ether oxygens (including phenoxy) is 1. The van der Waals surface area contributed by atoms with Gasteiger partial charge in [-0.3, -0.25) is 9.59 Å². The number of carboxylic acid groups (broad SMARTS) is 1. The largest absolute Gasteiger partial charge is 0.481 e. The molecule has 0 saturated carbocycles. The summed E-state index contributed by atoms with van der Waals surface area (Å²) in [6.07, 6.45) is 0.266. The number of halogens is 2. The lowest BCUT2D eigenvalue weighted by molar-refractivity contribution is -0.165. The third-order valence-electron chi connectivity index (χ3n) is 4.72. The van der Waals surface area contributed by atoms with Crippen molar-refractivity contribution in [3.05, 3.63) is 69.7 Å². The van der Waals surface area contributed by atoms with Crippen LogP contribution in [0.5, 0.6) is 0 Å². The number of aliphatic hydroxyl groups excluding tert-OH is 1. The van der Waals surface area contributed by atoms with Crippen LogP contribution in [0.4, 0.5) is 0 Å². The summed E-state index contributed by atoms with van der Waals surface area (Å²) < 4.78 is 5.93. The highest BCUT2D eigenvalue weighted by atomic mass is 35.5. The van der Waals surface area contributed by atoms with Gasteiger partial charge in [-0.2, -0.15) is 0 Å². The smallest absolute Gasteiger partial charge is 0.300 e. The molecule has 8 heteroatoms. The van der Waals surface area contributed by atoms with E-state index in [2.05, 4.69) is 0 Å². The molecule has 2 aromatic carbocycles. The fourth-order valence-electron chi connectivity index (χ4n) is 3.43. The number of aliphatic carboxylic acids is 1. The number of benzene rings is 2. The number of carboxylic acids is 1. The quantitative estimate of drug-likeness (QED) is 0.695. The fraction of sp³-hybridized carbons (Fsp3) is 0.364. The van der Waals surface area contributed by atoms with E-state index >= 15 is 0 Å². The van der Waals surface area contributed by atoms with Crippen LogP contribution >= 0.6 is 23.2 Å². The predicted molar refractivity (Wildman–Crippen MR) is 116 cm³/mol. The SMILES string of the molecule is CC(=O)O.CC[C@@H](CO)N1C(=O)CO[C@@H](c2cccc(Cl)c2)[C@H]1c1ccc(Cl)cc1. The fourth-order valence-corrected chi connectivity index (χ4v) is 3.75. The Morgan fingerprint density at radius 1 is 1.17 bits per heavy atom. The van der Waals surface area contributed by atoms with E-state index in [0.717, 1.165) is 18.1 Å². The Labute approximate surface area is 186 Å². The number of hydrogen-bond acceptors (Lipinski definition) is 4. The van der Waals surface area contributed by atoms with Crippen molar-refractivity contribution in [1.82, 2.24) is 4.90 Å². The molecule has 0 aromatic heterocycles. The van der Waals surface area contributed by atoms with Crippen molar-refractivity contribution in [2.45, 2.75) is 38.5 Å². The third-order valence-corrected chi connectivity index (χ3v) is 5.21. The molecule has 0 radical (unpaired) electrons. The van der Waals surface area contributed by atoms with Crippen molar-refractivity contribution in [1.29, 1.82) is 0 Å². The highest BCUT2D eigenvalue weighted by Gasteiger charge is 2.41. The third kappa shape index (κ3) is 6.19. The van der Waals surface area contributed by atoms with E-state index in [1.165, 1.54) is 0 Å². The van der Waals surface area contributed by atoms with Crippen LogP contribution in [-0.4, -0.2) is 46.2 Å². The highest BCUT2D eigenvalue weighted by Crippen LogP contribution is 2.42. The second-order valence-electron chi connectivity index (χ2n) is 6.85. The van der Waals surface area contributed by atoms with Crippen molar-refractivity contribution in [3.8, 4) is 0 Å². The van der Waals surface area contributed by atoms with Crippen LogP contribution in [0.3, 0.4) is 0 Å². The Morgan fingerprint density at radius 2 is 1.80 bits per heavy atom. The predicted octanol–water partition coefficient (Wildman–Crippen LogP) is 4.50. The molecule has 0 spiro atoms. The van der Waals surface area contributed by atoms with Crippen LogP contribution in [0, 0.1) is 0 Å². The van der Waals surface area contributed by atoms with Gasteiger partial charge in [-0.05, 0) is 41.8 Å². The summed E-state index contributed by atoms with van der Waals surface area (Å²) in [7, 11) is 0. The van der Waals surface area contributed by atoms with Crippen molar-refractivity contribution in [3.63, 3.8) is 0 Å². The first-order valence-electron chi connectivity index (χ1n) is 9.52. The Bertz CT molecular complexity index is 851. The van der Waals surface area contributed by atoms with Gasteiger partial charge in [-0.15, -0.1) is 0 Å². The maximum Gasteiger partial charge on any atom is 0.300 e. The second-order valence-corrected chi connectivity index (χ2v) is 7.72. The average Bonchev–Trinajstić information content (AvgIpc) is 2.70. The molecular formula is C22H25Cl2NO5. The monoisotopic (exact) mass is 453 g/mol. The summed E-state index contributed by atoms with van der Waals surface area (Å²) in [6.45, 7) is 2.91. The number of rotatable bonds is 5. The van der Waals surface area contributed by atoms with Crippen LogP contribution in [0.25, 0.3) is 0 Å². The molecule has 0 aliphatic carbocycles. The molecule has 1 fully saturated rings. The van der Waals surface area contributed by atoms with E-state index in [4.69, 9.17) is 37.8 Å². The zero-order valence-corrected chi connectivity index (χ0v) is 18.3. The Kier molecular flexibility index (Phi) is 9.11. The van der Waals surface area contributed by atoms with Crippen LogP contribution < -0.4 is 0 Å². The van der Waals surface area contributed by atoms with E-state index in [0.29, 0.717) is 16.5 Å². The van der Waals surface area contributed by atoms with E-state index in [9.17, 15) is 9.90 Å². The molecule has 6 nitrogen and oxygen atoms in total. The highest BCUT2D eigenvalue weighted by molar-refractivity contribution is 6.30. The van der Waals surface area contributed by atoms with Gasteiger partial charge in [0.25, 0.3) is 5.97 Å². The van der Waals surface area contributed by atoms with Gasteiger partial charge in [0.05, 0.1) is 18.7 Å². The lowest BCUT2D eigenvalue weighted by Gasteiger charge is -2.45. The molecule has 0 unspecified atom stereocenters. The molecular weight excluding hydrogens is 429 g/mol. The number of morpholine rings is 1. The van der Waals surface area contributed by atoms with Gasteiger partial charge < -0.3 is 19.8 Å². The summed E-state index contributed by atoms with van der Waals surface area (Å²) in [5.41, 5.74) is 1.79. The van der Waals surface area contributed by atoms with Gasteiger partial charge in [0, 0.05) is 17.0 Å². The van der Waals surface area contributed by atoms with Gasteiger partial charge in [0.15, 0.2) is 0 Å². The number of hydrogen-bond donors (Lipinski definition) is 2. The molecule has 1 aliphatic heterocycles. The summed E-state index contributed by atoms with van der Waals surface area (Å²) in [5, 5.41) is 18.5. The minimum atomic E-state index is -0.833. The van der Waals surface area contributed by atoms with Gasteiger partial charge in [-0.1, -0.05) is 54.4 Å². The standard InChI is InChI=1S/C20H21Cl2NO3.C2H4O2/c1-2-17(11-24)23-18(25)12-26-20(14-4-3-5-16(22)10-14)19(23)13-6-8-15(21)9-7-13;1-2(3)4/h3-10,17,19-20,24H,2,11-12H2,1H3;1H3,(H,3,4)/t17-,19+,20-;/m0./s1. The normalized spacial score (nSPS) is 19.6. The first-order valence-corrected chi connectivity index (χ1v) is 10.3. The Balaban J connectivity index is 0.000000735. The number of aliphatic hydroxyl groups is 1. The maximum absolute atomic E-state index is 12.7. The van der Waals surface area contributed by atoms with E-state index in [1.54, 1.807) is 23.1 Å². The van der Waals surface area contributed by atoms with Crippen molar-refractivity contribution in [2.75, 3.05) is 13.2 Å². The van der Waals surface area contributed by atoms with E-state index in [1.807, 2.05) is 37.3 Å². The number of carbonyl (C=O) groups is 2. The van der Waals surface area contributed by atoms with Gasteiger partial charge in [-0.25, -0.2) is 0 Å².